The van der Waals surface area contributed by atoms with Gasteiger partial charge in [0.05, 0.1) is 11.3 Å². The predicted octanol–water partition coefficient (Wildman–Crippen LogP) is 1.83. The molecule has 18 heavy (non-hydrogen) atoms. The average molecular weight is 248 g/mol. The highest BCUT2D eigenvalue weighted by atomic mass is 16.4. The second-order valence-electron chi connectivity index (χ2n) is 5.13. The molecule has 1 aliphatic heterocycles. The molecule has 1 unspecified atom stereocenters. The topological polar surface area (TPSA) is 43.8 Å². The Morgan fingerprint density at radius 3 is 2.72 bits per heavy atom. The quantitative estimate of drug-likeness (QED) is 0.867. The first-order valence-corrected chi connectivity index (χ1v) is 6.28. The molecule has 98 valence electrons. The van der Waals surface area contributed by atoms with Crippen molar-refractivity contribution in [2.75, 3.05) is 31.6 Å². The van der Waals surface area contributed by atoms with Crippen molar-refractivity contribution in [3.8, 4) is 0 Å². The highest BCUT2D eigenvalue weighted by molar-refractivity contribution is 5.94. The third kappa shape index (κ3) is 2.48. The van der Waals surface area contributed by atoms with Crippen LogP contribution in [0.1, 0.15) is 22.8 Å². The van der Waals surface area contributed by atoms with Crippen LogP contribution in [0, 0.1) is 6.92 Å². The molecule has 1 aromatic rings. The molecule has 0 spiro atoms. The highest BCUT2D eigenvalue weighted by Crippen LogP contribution is 2.25. The van der Waals surface area contributed by atoms with E-state index in [0.29, 0.717) is 11.6 Å². The van der Waals surface area contributed by atoms with E-state index in [2.05, 4.69) is 23.8 Å². The van der Waals surface area contributed by atoms with Crippen LogP contribution < -0.4 is 4.90 Å². The number of anilines is 1. The van der Waals surface area contributed by atoms with Crippen LogP contribution in [0.3, 0.4) is 0 Å². The van der Waals surface area contributed by atoms with E-state index in [-0.39, 0.29) is 0 Å². The van der Waals surface area contributed by atoms with Crippen molar-refractivity contribution in [3.05, 3.63) is 29.3 Å². The summed E-state index contributed by atoms with van der Waals surface area (Å²) in [7, 11) is 2.10. The maximum atomic E-state index is 11.4. The smallest absolute Gasteiger partial charge is 0.337 e. The number of hydrogen-bond acceptors (Lipinski definition) is 3. The summed E-state index contributed by atoms with van der Waals surface area (Å²) in [5, 5.41) is 9.32. The zero-order valence-electron chi connectivity index (χ0n) is 11.2. The fraction of sp³-hybridized carbons (Fsp3) is 0.500. The van der Waals surface area contributed by atoms with Crippen LogP contribution in [0.5, 0.6) is 0 Å². The molecule has 1 fully saturated rings. The summed E-state index contributed by atoms with van der Waals surface area (Å²) >= 11 is 0. The van der Waals surface area contributed by atoms with Gasteiger partial charge in [-0.3, -0.25) is 0 Å². The van der Waals surface area contributed by atoms with E-state index < -0.39 is 5.97 Å². The minimum Gasteiger partial charge on any atom is -0.478 e. The van der Waals surface area contributed by atoms with Gasteiger partial charge in [0.15, 0.2) is 0 Å². The Morgan fingerprint density at radius 2 is 2.11 bits per heavy atom. The summed E-state index contributed by atoms with van der Waals surface area (Å²) < 4.78 is 0. The first-order valence-electron chi connectivity index (χ1n) is 6.28. The van der Waals surface area contributed by atoms with Gasteiger partial charge in [-0.05, 0) is 33.0 Å². The third-order valence-electron chi connectivity index (χ3n) is 3.52. The maximum Gasteiger partial charge on any atom is 0.337 e. The second-order valence-corrected chi connectivity index (χ2v) is 5.13. The van der Waals surface area contributed by atoms with Crippen molar-refractivity contribution >= 4 is 11.7 Å². The van der Waals surface area contributed by atoms with Crippen molar-refractivity contribution in [3.63, 3.8) is 0 Å². The van der Waals surface area contributed by atoms with E-state index in [1.807, 2.05) is 19.1 Å². The number of rotatable bonds is 2. The number of carboxylic acids is 1. The van der Waals surface area contributed by atoms with Crippen molar-refractivity contribution < 1.29 is 9.90 Å². The number of benzene rings is 1. The summed E-state index contributed by atoms with van der Waals surface area (Å²) in [6.45, 7) is 6.87. The van der Waals surface area contributed by atoms with Gasteiger partial charge in [-0.15, -0.1) is 0 Å². The van der Waals surface area contributed by atoms with E-state index in [1.165, 1.54) is 0 Å². The molecular weight excluding hydrogens is 228 g/mol. The minimum absolute atomic E-state index is 0.338. The Bertz CT molecular complexity index is 459. The Labute approximate surface area is 108 Å². The van der Waals surface area contributed by atoms with Crippen LogP contribution >= 0.6 is 0 Å². The SMILES string of the molecule is Cc1ccc(N2CCN(C)CC2C)c(C(=O)O)c1. The number of carbonyl (C=O) groups is 1. The van der Waals surface area contributed by atoms with Crippen LogP contribution in [-0.2, 0) is 0 Å². The van der Waals surface area contributed by atoms with Crippen molar-refractivity contribution in [1.29, 1.82) is 0 Å². The zero-order valence-corrected chi connectivity index (χ0v) is 11.2. The van der Waals surface area contributed by atoms with Gasteiger partial charge in [-0.1, -0.05) is 11.6 Å². The number of likely N-dealkylation sites (N-methyl/N-ethyl adjacent to an activating group) is 1. The van der Waals surface area contributed by atoms with Crippen molar-refractivity contribution in [2.45, 2.75) is 19.9 Å². The third-order valence-corrected chi connectivity index (χ3v) is 3.52. The van der Waals surface area contributed by atoms with Crippen molar-refractivity contribution in [1.82, 2.24) is 4.90 Å². The predicted molar refractivity (Wildman–Crippen MR) is 72.4 cm³/mol. The van der Waals surface area contributed by atoms with Crippen LogP contribution in [0.25, 0.3) is 0 Å². The molecule has 1 atom stereocenters. The molecule has 0 radical (unpaired) electrons. The number of piperazine rings is 1. The van der Waals surface area contributed by atoms with Crippen LogP contribution in [-0.4, -0.2) is 48.7 Å². The second kappa shape index (κ2) is 4.98. The molecule has 1 heterocycles. The van der Waals surface area contributed by atoms with Crippen LogP contribution in [0.2, 0.25) is 0 Å². The fourth-order valence-corrected chi connectivity index (χ4v) is 2.57. The van der Waals surface area contributed by atoms with Gasteiger partial charge in [0.25, 0.3) is 0 Å². The Kier molecular flexibility index (Phi) is 3.57. The van der Waals surface area contributed by atoms with E-state index in [1.54, 1.807) is 6.07 Å². The summed E-state index contributed by atoms with van der Waals surface area (Å²) in [5.74, 6) is -0.847. The normalized spacial score (nSPS) is 21.1. The number of aryl methyl sites for hydroxylation is 1. The molecule has 1 aliphatic rings. The Hall–Kier alpha value is -1.55. The standard InChI is InChI=1S/C14H20N2O2/c1-10-4-5-13(12(8-10)14(17)18)16-7-6-15(3)9-11(16)2/h4-5,8,11H,6-7,9H2,1-3H3,(H,17,18). The molecule has 2 rings (SSSR count). The minimum atomic E-state index is -0.847. The molecule has 0 bridgehead atoms. The van der Waals surface area contributed by atoms with E-state index in [9.17, 15) is 9.90 Å². The van der Waals surface area contributed by atoms with E-state index in [4.69, 9.17) is 0 Å². The first-order chi connectivity index (χ1) is 8.49. The lowest BCUT2D eigenvalue weighted by atomic mass is 10.1. The maximum absolute atomic E-state index is 11.4. The van der Waals surface area contributed by atoms with Gasteiger partial charge < -0.3 is 14.9 Å². The number of aromatic carboxylic acids is 1. The molecule has 0 aromatic heterocycles. The molecule has 4 nitrogen and oxygen atoms in total. The van der Waals surface area contributed by atoms with Crippen molar-refractivity contribution in [2.24, 2.45) is 0 Å². The van der Waals surface area contributed by atoms with Gasteiger partial charge in [-0.2, -0.15) is 0 Å². The summed E-state index contributed by atoms with van der Waals surface area (Å²) in [6, 6.07) is 6.00. The molecule has 0 aliphatic carbocycles. The van der Waals surface area contributed by atoms with Crippen LogP contribution in [0.15, 0.2) is 18.2 Å². The molecule has 1 saturated heterocycles. The lowest BCUT2D eigenvalue weighted by Gasteiger charge is -2.40. The molecule has 0 saturated carbocycles. The number of carboxylic acid groups (broad SMARTS) is 1. The van der Waals surface area contributed by atoms with Gasteiger partial charge in [0.1, 0.15) is 0 Å². The monoisotopic (exact) mass is 248 g/mol. The Morgan fingerprint density at radius 1 is 1.39 bits per heavy atom. The van der Waals surface area contributed by atoms with Gasteiger partial charge >= 0.3 is 5.97 Å². The summed E-state index contributed by atoms with van der Waals surface area (Å²) in [4.78, 5) is 15.8. The molecule has 1 N–H and O–H groups in total. The lowest BCUT2D eigenvalue weighted by molar-refractivity contribution is 0.0697. The number of nitrogens with zero attached hydrogens (tertiary/aromatic N) is 2. The summed E-state index contributed by atoms with van der Waals surface area (Å²) in [6.07, 6.45) is 0. The average Bonchev–Trinajstić information content (AvgIpc) is 2.29. The Balaban J connectivity index is 2.35. The van der Waals surface area contributed by atoms with E-state index >= 15 is 0 Å². The molecular formula is C14H20N2O2. The number of hydrogen-bond donors (Lipinski definition) is 1. The van der Waals surface area contributed by atoms with Crippen LogP contribution in [0.4, 0.5) is 5.69 Å². The largest absolute Gasteiger partial charge is 0.478 e. The first kappa shape index (κ1) is 12.9. The zero-order chi connectivity index (χ0) is 13.3. The molecule has 1 aromatic carbocycles. The van der Waals surface area contributed by atoms with Gasteiger partial charge in [0.2, 0.25) is 0 Å². The van der Waals surface area contributed by atoms with E-state index in [0.717, 1.165) is 30.9 Å². The molecule has 0 amide bonds. The van der Waals surface area contributed by atoms with Gasteiger partial charge in [0, 0.05) is 25.7 Å². The lowest BCUT2D eigenvalue weighted by Crippen LogP contribution is -2.51. The molecule has 4 heteroatoms. The van der Waals surface area contributed by atoms with Gasteiger partial charge in [-0.25, -0.2) is 4.79 Å². The highest BCUT2D eigenvalue weighted by Gasteiger charge is 2.25. The fourth-order valence-electron chi connectivity index (χ4n) is 2.57. The summed E-state index contributed by atoms with van der Waals surface area (Å²) in [5.41, 5.74) is 2.23.